The highest BCUT2D eigenvalue weighted by Gasteiger charge is 2.25. The van der Waals surface area contributed by atoms with Crippen molar-refractivity contribution in [3.8, 4) is 0 Å². The molecule has 1 aromatic heterocycles. The minimum absolute atomic E-state index is 0.127. The highest BCUT2D eigenvalue weighted by atomic mass is 35.5. The van der Waals surface area contributed by atoms with Gasteiger partial charge >= 0.3 is 0 Å². The number of carbonyl (C=O) groups is 1. The van der Waals surface area contributed by atoms with Gasteiger partial charge in [0.05, 0.1) is 10.6 Å². The highest BCUT2D eigenvalue weighted by Crippen LogP contribution is 2.29. The second-order valence-electron chi connectivity index (χ2n) is 5.47. The lowest BCUT2D eigenvalue weighted by molar-refractivity contribution is 0.0713. The summed E-state index contributed by atoms with van der Waals surface area (Å²) in [4.78, 5) is 18.3. The quantitative estimate of drug-likeness (QED) is 0.841. The summed E-state index contributed by atoms with van der Waals surface area (Å²) >= 11 is 5.97. The molecule has 0 spiro atoms. The first-order valence-electron chi connectivity index (χ1n) is 7.29. The molecule has 3 rings (SSSR count). The van der Waals surface area contributed by atoms with Gasteiger partial charge in [0.2, 0.25) is 0 Å². The van der Waals surface area contributed by atoms with Crippen LogP contribution >= 0.6 is 11.6 Å². The molecule has 1 aliphatic heterocycles. The smallest absolute Gasteiger partial charge is 0.255 e. The first kappa shape index (κ1) is 15.0. The molecule has 22 heavy (non-hydrogen) atoms. The number of likely N-dealkylation sites (tertiary alicyclic amines) is 1. The Kier molecular flexibility index (Phi) is 4.39. The van der Waals surface area contributed by atoms with Crippen LogP contribution in [0.1, 0.15) is 34.7 Å². The van der Waals surface area contributed by atoms with Crippen molar-refractivity contribution in [3.05, 3.63) is 64.7 Å². The summed E-state index contributed by atoms with van der Waals surface area (Å²) in [7, 11) is 0. The fraction of sp³-hybridized carbons (Fsp3) is 0.294. The van der Waals surface area contributed by atoms with E-state index in [1.165, 1.54) is 23.8 Å². The number of nitrogens with zero attached hydrogens (tertiary/aromatic N) is 2. The van der Waals surface area contributed by atoms with Crippen molar-refractivity contribution in [2.45, 2.75) is 18.8 Å². The Hall–Kier alpha value is -1.94. The zero-order valence-corrected chi connectivity index (χ0v) is 12.8. The third-order valence-electron chi connectivity index (χ3n) is 4.12. The van der Waals surface area contributed by atoms with E-state index < -0.39 is 5.82 Å². The molecule has 114 valence electrons. The highest BCUT2D eigenvalue weighted by molar-refractivity contribution is 6.33. The van der Waals surface area contributed by atoms with Crippen LogP contribution in [0.25, 0.3) is 0 Å². The Morgan fingerprint density at radius 2 is 1.86 bits per heavy atom. The van der Waals surface area contributed by atoms with Gasteiger partial charge in [0.25, 0.3) is 5.91 Å². The molecule has 1 saturated heterocycles. The monoisotopic (exact) mass is 318 g/mol. The number of aromatic nitrogens is 1. The van der Waals surface area contributed by atoms with Gasteiger partial charge in [-0.15, -0.1) is 0 Å². The standard InChI is InChI=1S/C17H16ClFN2O/c18-16-11-14(19)1-2-15(16)17(22)21-9-5-13(6-10-21)12-3-7-20-8-4-12/h1-4,7-8,11,13H,5-6,9-10H2. The van der Waals surface area contributed by atoms with Crippen molar-refractivity contribution in [2.75, 3.05) is 13.1 Å². The van der Waals surface area contributed by atoms with E-state index >= 15 is 0 Å². The first-order chi connectivity index (χ1) is 10.6. The molecule has 1 fully saturated rings. The molecule has 0 saturated carbocycles. The average Bonchev–Trinajstić information content (AvgIpc) is 2.55. The summed E-state index contributed by atoms with van der Waals surface area (Å²) in [5, 5.41) is 0.168. The van der Waals surface area contributed by atoms with Crippen LogP contribution in [0.4, 0.5) is 4.39 Å². The SMILES string of the molecule is O=C(c1ccc(F)cc1Cl)N1CCC(c2ccncc2)CC1. The molecule has 0 aliphatic carbocycles. The zero-order valence-electron chi connectivity index (χ0n) is 12.0. The fourth-order valence-corrected chi connectivity index (χ4v) is 3.13. The van der Waals surface area contributed by atoms with E-state index in [0.29, 0.717) is 24.6 Å². The Labute approximate surface area is 133 Å². The normalized spacial score (nSPS) is 15.8. The minimum Gasteiger partial charge on any atom is -0.339 e. The number of amides is 1. The third kappa shape index (κ3) is 3.12. The van der Waals surface area contributed by atoms with Gasteiger partial charge in [0, 0.05) is 25.5 Å². The Morgan fingerprint density at radius 3 is 2.50 bits per heavy atom. The number of hydrogen-bond acceptors (Lipinski definition) is 2. The molecule has 3 nitrogen and oxygen atoms in total. The van der Waals surface area contributed by atoms with Gasteiger partial charge < -0.3 is 4.90 Å². The van der Waals surface area contributed by atoms with Crippen LogP contribution < -0.4 is 0 Å². The molecule has 5 heteroatoms. The summed E-state index contributed by atoms with van der Waals surface area (Å²) in [5.41, 5.74) is 1.63. The minimum atomic E-state index is -0.432. The molecule has 0 radical (unpaired) electrons. The van der Waals surface area contributed by atoms with Gasteiger partial charge in [-0.3, -0.25) is 9.78 Å². The second kappa shape index (κ2) is 6.44. The fourth-order valence-electron chi connectivity index (χ4n) is 2.88. The van der Waals surface area contributed by atoms with E-state index in [-0.39, 0.29) is 10.9 Å². The molecular weight excluding hydrogens is 303 g/mol. The van der Waals surface area contributed by atoms with E-state index in [9.17, 15) is 9.18 Å². The van der Waals surface area contributed by atoms with Crippen LogP contribution in [0.2, 0.25) is 5.02 Å². The van der Waals surface area contributed by atoms with E-state index in [1.807, 2.05) is 12.1 Å². The molecule has 1 aliphatic rings. The predicted octanol–water partition coefficient (Wildman–Crippen LogP) is 3.89. The summed E-state index contributed by atoms with van der Waals surface area (Å²) in [6.45, 7) is 1.36. The topological polar surface area (TPSA) is 33.2 Å². The molecule has 2 aromatic rings. The van der Waals surface area contributed by atoms with Crippen molar-refractivity contribution < 1.29 is 9.18 Å². The lowest BCUT2D eigenvalue weighted by Crippen LogP contribution is -2.38. The predicted molar refractivity (Wildman–Crippen MR) is 83.5 cm³/mol. The van der Waals surface area contributed by atoms with Gasteiger partial charge in [0.1, 0.15) is 5.82 Å². The van der Waals surface area contributed by atoms with Crippen LogP contribution in [0.5, 0.6) is 0 Å². The van der Waals surface area contributed by atoms with E-state index in [0.717, 1.165) is 12.8 Å². The molecular formula is C17H16ClFN2O. The van der Waals surface area contributed by atoms with Crippen molar-refractivity contribution in [1.82, 2.24) is 9.88 Å². The van der Waals surface area contributed by atoms with E-state index in [2.05, 4.69) is 4.98 Å². The second-order valence-corrected chi connectivity index (χ2v) is 5.88. The molecule has 0 atom stereocenters. The van der Waals surface area contributed by atoms with Crippen LogP contribution in [0, 0.1) is 5.82 Å². The Morgan fingerprint density at radius 1 is 1.18 bits per heavy atom. The third-order valence-corrected chi connectivity index (χ3v) is 4.43. The van der Waals surface area contributed by atoms with Gasteiger partial charge in [-0.1, -0.05) is 11.6 Å². The molecule has 0 bridgehead atoms. The largest absolute Gasteiger partial charge is 0.339 e. The Bertz CT molecular complexity index is 670. The number of piperidine rings is 1. The summed E-state index contributed by atoms with van der Waals surface area (Å²) in [6.07, 6.45) is 5.42. The number of benzene rings is 1. The van der Waals surface area contributed by atoms with E-state index in [1.54, 1.807) is 17.3 Å². The number of rotatable bonds is 2. The van der Waals surface area contributed by atoms with Crippen molar-refractivity contribution in [1.29, 1.82) is 0 Å². The molecule has 2 heterocycles. The maximum Gasteiger partial charge on any atom is 0.255 e. The van der Waals surface area contributed by atoms with Crippen LogP contribution in [0.15, 0.2) is 42.7 Å². The number of halogens is 2. The number of hydrogen-bond donors (Lipinski definition) is 0. The molecule has 0 unspecified atom stereocenters. The molecule has 0 N–H and O–H groups in total. The summed E-state index contributed by atoms with van der Waals surface area (Å²) < 4.78 is 13.1. The number of carbonyl (C=O) groups excluding carboxylic acids is 1. The van der Waals surface area contributed by atoms with Crippen LogP contribution in [-0.2, 0) is 0 Å². The molecule has 1 aromatic carbocycles. The van der Waals surface area contributed by atoms with Crippen LogP contribution in [-0.4, -0.2) is 28.9 Å². The molecule has 1 amide bonds. The van der Waals surface area contributed by atoms with Gasteiger partial charge in [-0.05, 0) is 54.7 Å². The van der Waals surface area contributed by atoms with Crippen LogP contribution in [0.3, 0.4) is 0 Å². The average molecular weight is 319 g/mol. The summed E-state index contributed by atoms with van der Waals surface area (Å²) in [5.74, 6) is -0.105. The maximum atomic E-state index is 13.1. The van der Waals surface area contributed by atoms with Gasteiger partial charge in [-0.25, -0.2) is 4.39 Å². The van der Waals surface area contributed by atoms with Gasteiger partial charge in [-0.2, -0.15) is 0 Å². The van der Waals surface area contributed by atoms with Crippen molar-refractivity contribution >= 4 is 17.5 Å². The zero-order chi connectivity index (χ0) is 15.5. The maximum absolute atomic E-state index is 13.1. The van der Waals surface area contributed by atoms with E-state index in [4.69, 9.17) is 11.6 Å². The summed E-state index contributed by atoms with van der Waals surface area (Å²) in [6, 6.07) is 7.95. The van der Waals surface area contributed by atoms with Crippen molar-refractivity contribution in [3.63, 3.8) is 0 Å². The van der Waals surface area contributed by atoms with Crippen molar-refractivity contribution in [2.24, 2.45) is 0 Å². The lowest BCUT2D eigenvalue weighted by atomic mass is 9.90. The lowest BCUT2D eigenvalue weighted by Gasteiger charge is -2.32. The van der Waals surface area contributed by atoms with Gasteiger partial charge in [0.15, 0.2) is 0 Å². The Balaban J connectivity index is 1.67. The number of pyridine rings is 1. The first-order valence-corrected chi connectivity index (χ1v) is 7.67.